The van der Waals surface area contributed by atoms with Gasteiger partial charge in [0.1, 0.15) is 5.04 Å². The van der Waals surface area contributed by atoms with E-state index < -0.39 is 0 Å². The predicted molar refractivity (Wildman–Crippen MR) is 79.6 cm³/mol. The second-order valence-corrected chi connectivity index (χ2v) is 4.84. The summed E-state index contributed by atoms with van der Waals surface area (Å²) in [6, 6.07) is 0. The third-order valence-corrected chi connectivity index (χ3v) is 3.07. The quantitative estimate of drug-likeness (QED) is 0.697. The minimum Gasteiger partial charge on any atom is -0.200 e. The fourth-order valence-corrected chi connectivity index (χ4v) is 2.06. The summed E-state index contributed by atoms with van der Waals surface area (Å²) in [7, 11) is 0. The molecule has 0 unspecified atom stereocenters. The molecule has 1 rings (SSSR count). The van der Waals surface area contributed by atoms with Crippen LogP contribution in [0.15, 0.2) is 17.4 Å². The fourth-order valence-electron chi connectivity index (χ4n) is 1.57. The second kappa shape index (κ2) is 7.89. The molecule has 17 heavy (non-hydrogen) atoms. The lowest BCUT2D eigenvalue weighted by Gasteiger charge is -2.38. The minimum atomic E-state index is 0.669. The number of hydrogen-bond donors (Lipinski definition) is 2. The van der Waals surface area contributed by atoms with Crippen LogP contribution in [-0.4, -0.2) is 32.8 Å². The van der Waals surface area contributed by atoms with Gasteiger partial charge in [-0.15, -0.1) is 22.3 Å². The van der Waals surface area contributed by atoms with Gasteiger partial charge < -0.3 is 0 Å². The van der Waals surface area contributed by atoms with Crippen LogP contribution >= 0.6 is 25.4 Å². The third-order valence-electron chi connectivity index (χ3n) is 2.56. The van der Waals surface area contributed by atoms with Gasteiger partial charge in [-0.1, -0.05) is 26.7 Å². The SMILES string of the molecule is CCCCN(CCCC)N1C=CC(S)=NN1S. The van der Waals surface area contributed by atoms with Crippen LogP contribution in [0.2, 0.25) is 0 Å². The molecule has 0 fully saturated rings. The molecule has 0 atom stereocenters. The highest BCUT2D eigenvalue weighted by atomic mass is 32.1. The molecule has 0 radical (unpaired) electrons. The topological polar surface area (TPSA) is 22.1 Å². The lowest BCUT2D eigenvalue weighted by molar-refractivity contribution is -0.0915. The summed E-state index contributed by atoms with van der Waals surface area (Å²) in [4.78, 5) is 0. The van der Waals surface area contributed by atoms with E-state index in [0.29, 0.717) is 5.04 Å². The van der Waals surface area contributed by atoms with E-state index in [4.69, 9.17) is 0 Å². The molecule has 0 aromatic carbocycles. The van der Waals surface area contributed by atoms with E-state index in [1.165, 1.54) is 30.2 Å². The molecule has 1 aliphatic rings. The van der Waals surface area contributed by atoms with Gasteiger partial charge in [-0.05, 0) is 31.7 Å². The minimum absolute atomic E-state index is 0.669. The predicted octanol–water partition coefficient (Wildman–Crippen LogP) is 2.94. The Morgan fingerprint density at radius 3 is 2.29 bits per heavy atom. The zero-order chi connectivity index (χ0) is 12.7. The van der Waals surface area contributed by atoms with E-state index in [-0.39, 0.29) is 0 Å². The number of unbranched alkanes of at least 4 members (excludes halogenated alkanes) is 2. The highest BCUT2D eigenvalue weighted by molar-refractivity contribution is 7.97. The Morgan fingerprint density at radius 2 is 1.82 bits per heavy atom. The summed E-state index contributed by atoms with van der Waals surface area (Å²) < 4.78 is 1.54. The molecule has 0 aliphatic carbocycles. The first-order valence-electron chi connectivity index (χ1n) is 6.17. The maximum atomic E-state index is 4.33. The maximum Gasteiger partial charge on any atom is 0.118 e. The Kier molecular flexibility index (Phi) is 6.84. The van der Waals surface area contributed by atoms with E-state index in [1.54, 1.807) is 0 Å². The van der Waals surface area contributed by atoms with Crippen LogP contribution < -0.4 is 0 Å². The lowest BCUT2D eigenvalue weighted by Crippen LogP contribution is -2.46. The molecule has 0 N–H and O–H groups in total. The summed E-state index contributed by atoms with van der Waals surface area (Å²) >= 11 is 8.53. The molecule has 4 nitrogen and oxygen atoms in total. The van der Waals surface area contributed by atoms with Gasteiger partial charge >= 0.3 is 0 Å². The third kappa shape index (κ3) is 4.81. The van der Waals surface area contributed by atoms with Crippen LogP contribution in [-0.2, 0) is 0 Å². The molecule has 0 spiro atoms. The maximum absolute atomic E-state index is 4.33. The van der Waals surface area contributed by atoms with Crippen LogP contribution in [0.4, 0.5) is 0 Å². The lowest BCUT2D eigenvalue weighted by atomic mass is 10.3. The first kappa shape index (κ1) is 14.7. The van der Waals surface area contributed by atoms with Crippen molar-refractivity contribution in [2.75, 3.05) is 13.1 Å². The van der Waals surface area contributed by atoms with E-state index in [0.717, 1.165) is 13.1 Å². The van der Waals surface area contributed by atoms with E-state index in [1.807, 2.05) is 17.4 Å². The molecule has 0 aromatic heterocycles. The summed E-state index contributed by atoms with van der Waals surface area (Å²) in [5, 5.41) is 9.05. The number of thiol groups is 2. The van der Waals surface area contributed by atoms with E-state index >= 15 is 0 Å². The van der Waals surface area contributed by atoms with Gasteiger partial charge in [-0.2, -0.15) is 10.1 Å². The van der Waals surface area contributed by atoms with Crippen molar-refractivity contribution >= 4 is 30.5 Å². The van der Waals surface area contributed by atoms with Gasteiger partial charge in [-0.3, -0.25) is 0 Å². The number of hydrazine groups is 2. The van der Waals surface area contributed by atoms with Gasteiger partial charge in [0.2, 0.25) is 0 Å². The molecule has 1 aliphatic heterocycles. The van der Waals surface area contributed by atoms with Gasteiger partial charge in [-0.25, -0.2) is 0 Å². The summed E-state index contributed by atoms with van der Waals surface area (Å²) in [6.07, 6.45) is 8.55. The smallest absolute Gasteiger partial charge is 0.118 e. The van der Waals surface area contributed by atoms with Gasteiger partial charge in [0.05, 0.1) is 0 Å². The number of hydrogen-bond acceptors (Lipinski definition) is 5. The average molecular weight is 274 g/mol. The van der Waals surface area contributed by atoms with Crippen molar-refractivity contribution in [1.29, 1.82) is 0 Å². The summed E-state index contributed by atoms with van der Waals surface area (Å²) in [6.45, 7) is 6.45. The molecular weight excluding hydrogens is 252 g/mol. The molecule has 0 saturated heterocycles. The van der Waals surface area contributed by atoms with Crippen LogP contribution in [0.1, 0.15) is 39.5 Å². The van der Waals surface area contributed by atoms with Gasteiger partial charge in [0.25, 0.3) is 0 Å². The standard InChI is InChI=1S/C11H22N4S2/c1-3-5-8-13(9-6-4-2)14-10-7-11(16)12-15(14)17/h7,10,17H,3-6,8-9H2,1-2H3,(H,12,16). The van der Waals surface area contributed by atoms with Crippen molar-refractivity contribution in [3.63, 3.8) is 0 Å². The molecule has 1 heterocycles. The number of hydrazone groups is 1. The van der Waals surface area contributed by atoms with Crippen molar-refractivity contribution in [2.24, 2.45) is 5.10 Å². The van der Waals surface area contributed by atoms with Gasteiger partial charge in [0.15, 0.2) is 0 Å². The highest BCUT2D eigenvalue weighted by Gasteiger charge is 2.18. The monoisotopic (exact) mass is 274 g/mol. The summed E-state index contributed by atoms with van der Waals surface area (Å²) in [5.41, 5.74) is 0. The number of rotatable bonds is 7. The molecule has 0 aromatic rings. The Morgan fingerprint density at radius 1 is 1.24 bits per heavy atom. The molecule has 6 heteroatoms. The van der Waals surface area contributed by atoms with E-state index in [9.17, 15) is 0 Å². The van der Waals surface area contributed by atoms with Crippen molar-refractivity contribution in [1.82, 2.24) is 14.7 Å². The zero-order valence-electron chi connectivity index (χ0n) is 10.6. The Bertz CT molecular complexity index is 273. The Labute approximate surface area is 115 Å². The average Bonchev–Trinajstić information content (AvgIpc) is 2.30. The highest BCUT2D eigenvalue weighted by Crippen LogP contribution is 2.16. The molecule has 0 bridgehead atoms. The van der Waals surface area contributed by atoms with Gasteiger partial charge in [0, 0.05) is 19.3 Å². The zero-order valence-corrected chi connectivity index (χ0v) is 12.4. The van der Waals surface area contributed by atoms with Crippen molar-refractivity contribution < 1.29 is 0 Å². The second-order valence-electron chi connectivity index (χ2n) is 4.02. The Hall–Kier alpha value is -0.330. The van der Waals surface area contributed by atoms with Crippen molar-refractivity contribution in [3.8, 4) is 0 Å². The Balaban J connectivity index is 2.59. The van der Waals surface area contributed by atoms with Crippen LogP contribution in [0.3, 0.4) is 0 Å². The summed E-state index contributed by atoms with van der Waals surface area (Å²) in [5.74, 6) is 0. The van der Waals surface area contributed by atoms with Crippen molar-refractivity contribution in [3.05, 3.63) is 12.3 Å². The molecular formula is C11H22N4S2. The van der Waals surface area contributed by atoms with Crippen LogP contribution in [0, 0.1) is 0 Å². The number of nitrogens with zero attached hydrogens (tertiary/aromatic N) is 4. The van der Waals surface area contributed by atoms with Crippen LogP contribution in [0.25, 0.3) is 0 Å². The molecule has 0 saturated carbocycles. The fraction of sp³-hybridized carbons (Fsp3) is 0.727. The molecule has 0 amide bonds. The van der Waals surface area contributed by atoms with Crippen LogP contribution in [0.5, 0.6) is 0 Å². The van der Waals surface area contributed by atoms with Crippen molar-refractivity contribution in [2.45, 2.75) is 39.5 Å². The first-order valence-corrected chi connectivity index (χ1v) is 7.02. The molecule has 98 valence electrons. The largest absolute Gasteiger partial charge is 0.200 e. The normalized spacial score (nSPS) is 15.7. The van der Waals surface area contributed by atoms with E-state index in [2.05, 4.69) is 49.4 Å². The first-order chi connectivity index (χ1) is 8.19.